The summed E-state index contributed by atoms with van der Waals surface area (Å²) in [7, 11) is 0. The quantitative estimate of drug-likeness (QED) is 0.904. The van der Waals surface area contributed by atoms with E-state index in [4.69, 9.17) is 0 Å². The zero-order chi connectivity index (χ0) is 14.4. The van der Waals surface area contributed by atoms with E-state index in [2.05, 4.69) is 21.2 Å². The predicted molar refractivity (Wildman–Crippen MR) is 79.9 cm³/mol. The number of para-hydroxylation sites is 1. The number of carbonyl (C=O) groups excluding carboxylic acids is 2. The minimum Gasteiger partial charge on any atom is -0.331 e. The Labute approximate surface area is 122 Å². The van der Waals surface area contributed by atoms with Gasteiger partial charge in [-0.3, -0.25) is 9.59 Å². The van der Waals surface area contributed by atoms with Gasteiger partial charge in [0.25, 0.3) is 0 Å². The first-order valence-corrected chi connectivity index (χ1v) is 7.06. The van der Waals surface area contributed by atoms with Crippen LogP contribution in [-0.4, -0.2) is 29.3 Å². The van der Waals surface area contributed by atoms with Crippen LogP contribution in [0.25, 0.3) is 0 Å². The number of amides is 2. The first-order valence-electron chi connectivity index (χ1n) is 6.27. The monoisotopic (exact) mass is 326 g/mol. The smallest absolute Gasteiger partial charge is 0.244 e. The second-order valence-electron chi connectivity index (χ2n) is 4.43. The summed E-state index contributed by atoms with van der Waals surface area (Å²) in [6.45, 7) is 5.49. The van der Waals surface area contributed by atoms with Crippen molar-refractivity contribution in [2.75, 3.05) is 11.9 Å². The highest BCUT2D eigenvalue weighted by atomic mass is 79.9. The third-order valence-electron chi connectivity index (χ3n) is 2.99. The van der Waals surface area contributed by atoms with Crippen LogP contribution in [0.4, 0.5) is 5.69 Å². The molecule has 0 aliphatic rings. The third-order valence-corrected chi connectivity index (χ3v) is 3.68. The van der Waals surface area contributed by atoms with E-state index in [0.717, 1.165) is 10.9 Å². The van der Waals surface area contributed by atoms with Crippen molar-refractivity contribution in [2.45, 2.75) is 33.2 Å². The average Bonchev–Trinajstić information content (AvgIpc) is 2.37. The Kier molecular flexibility index (Phi) is 6.02. The van der Waals surface area contributed by atoms with Gasteiger partial charge in [-0.2, -0.15) is 0 Å². The van der Waals surface area contributed by atoms with Crippen molar-refractivity contribution < 1.29 is 9.59 Å². The molecule has 0 saturated carbocycles. The van der Waals surface area contributed by atoms with Gasteiger partial charge in [-0.05, 0) is 41.4 Å². The summed E-state index contributed by atoms with van der Waals surface area (Å²) < 4.78 is 0.821. The number of hydrogen-bond donors (Lipinski definition) is 1. The molecule has 104 valence electrons. The molecule has 2 amide bonds. The van der Waals surface area contributed by atoms with Crippen molar-refractivity contribution in [2.24, 2.45) is 0 Å². The molecule has 19 heavy (non-hydrogen) atoms. The highest BCUT2D eigenvalue weighted by Crippen LogP contribution is 2.21. The van der Waals surface area contributed by atoms with Crippen LogP contribution in [0.1, 0.15) is 27.2 Å². The minimum absolute atomic E-state index is 0.0578. The molecule has 0 saturated heterocycles. The van der Waals surface area contributed by atoms with Crippen LogP contribution in [-0.2, 0) is 9.59 Å². The van der Waals surface area contributed by atoms with Gasteiger partial charge in [-0.25, -0.2) is 0 Å². The molecule has 5 heteroatoms. The van der Waals surface area contributed by atoms with Crippen molar-refractivity contribution in [1.29, 1.82) is 0 Å². The van der Waals surface area contributed by atoms with Crippen LogP contribution in [0.15, 0.2) is 28.7 Å². The van der Waals surface area contributed by atoms with E-state index in [1.165, 1.54) is 6.92 Å². The van der Waals surface area contributed by atoms with Gasteiger partial charge in [0.05, 0.1) is 5.69 Å². The van der Waals surface area contributed by atoms with Crippen molar-refractivity contribution >= 4 is 33.4 Å². The molecule has 1 atom stereocenters. The lowest BCUT2D eigenvalue weighted by Crippen LogP contribution is -2.42. The number of hydrogen-bond acceptors (Lipinski definition) is 2. The van der Waals surface area contributed by atoms with E-state index in [1.54, 1.807) is 4.90 Å². The van der Waals surface area contributed by atoms with Gasteiger partial charge in [0.2, 0.25) is 11.8 Å². The molecule has 1 rings (SSSR count). The second kappa shape index (κ2) is 7.28. The summed E-state index contributed by atoms with van der Waals surface area (Å²) in [5.74, 6) is -0.279. The summed E-state index contributed by atoms with van der Waals surface area (Å²) in [6, 6.07) is 7.44. The van der Waals surface area contributed by atoms with E-state index < -0.39 is 0 Å². The molecule has 0 fully saturated rings. The molecule has 0 aliphatic heterocycles. The maximum absolute atomic E-state index is 12.0. The molecular formula is C14H19BrN2O2. The summed E-state index contributed by atoms with van der Waals surface area (Å²) in [5.41, 5.74) is 0.708. The van der Waals surface area contributed by atoms with Crippen LogP contribution in [0.2, 0.25) is 0 Å². The second-order valence-corrected chi connectivity index (χ2v) is 5.29. The summed E-state index contributed by atoms with van der Waals surface area (Å²) in [5, 5.41) is 2.79. The molecule has 0 bridgehead atoms. The first-order chi connectivity index (χ1) is 8.95. The Morgan fingerprint density at radius 3 is 2.53 bits per heavy atom. The van der Waals surface area contributed by atoms with E-state index in [-0.39, 0.29) is 24.4 Å². The summed E-state index contributed by atoms with van der Waals surface area (Å²) >= 11 is 3.37. The van der Waals surface area contributed by atoms with Gasteiger partial charge in [0.1, 0.15) is 6.54 Å². The Morgan fingerprint density at radius 1 is 1.37 bits per heavy atom. The van der Waals surface area contributed by atoms with Gasteiger partial charge in [0.15, 0.2) is 0 Å². The van der Waals surface area contributed by atoms with Crippen LogP contribution in [0, 0.1) is 0 Å². The molecule has 1 unspecified atom stereocenters. The zero-order valence-electron chi connectivity index (χ0n) is 11.4. The van der Waals surface area contributed by atoms with Gasteiger partial charge in [-0.1, -0.05) is 19.1 Å². The normalized spacial score (nSPS) is 11.8. The topological polar surface area (TPSA) is 49.4 Å². The van der Waals surface area contributed by atoms with Gasteiger partial charge >= 0.3 is 0 Å². The van der Waals surface area contributed by atoms with Crippen molar-refractivity contribution in [3.8, 4) is 0 Å². The summed E-state index contributed by atoms with van der Waals surface area (Å²) in [6.07, 6.45) is 0.821. The summed E-state index contributed by atoms with van der Waals surface area (Å²) in [4.78, 5) is 25.1. The average molecular weight is 327 g/mol. The lowest BCUT2D eigenvalue weighted by Gasteiger charge is -2.26. The maximum atomic E-state index is 12.0. The fourth-order valence-electron chi connectivity index (χ4n) is 1.70. The molecule has 4 nitrogen and oxygen atoms in total. The lowest BCUT2D eigenvalue weighted by atomic mass is 10.2. The molecule has 0 aromatic heterocycles. The molecule has 0 radical (unpaired) electrons. The van der Waals surface area contributed by atoms with Crippen LogP contribution in [0.5, 0.6) is 0 Å². The largest absolute Gasteiger partial charge is 0.331 e. The zero-order valence-corrected chi connectivity index (χ0v) is 13.0. The van der Waals surface area contributed by atoms with Gasteiger partial charge in [-0.15, -0.1) is 0 Å². The van der Waals surface area contributed by atoms with Crippen molar-refractivity contribution in [1.82, 2.24) is 4.90 Å². The number of nitrogens with one attached hydrogen (secondary N) is 1. The Hall–Kier alpha value is -1.36. The van der Waals surface area contributed by atoms with Crippen molar-refractivity contribution in [3.05, 3.63) is 28.7 Å². The molecule has 0 heterocycles. The molecular weight excluding hydrogens is 308 g/mol. The predicted octanol–water partition coefficient (Wildman–Crippen LogP) is 3.03. The molecule has 1 aromatic rings. The number of benzene rings is 1. The lowest BCUT2D eigenvalue weighted by molar-refractivity contribution is -0.134. The fraction of sp³-hybridized carbons (Fsp3) is 0.429. The van der Waals surface area contributed by atoms with E-state index >= 15 is 0 Å². The van der Waals surface area contributed by atoms with Gasteiger partial charge in [0, 0.05) is 17.4 Å². The molecule has 1 aromatic carbocycles. The minimum atomic E-state index is -0.192. The Balaban J connectivity index is 2.68. The Morgan fingerprint density at radius 2 is 2.00 bits per heavy atom. The van der Waals surface area contributed by atoms with Crippen molar-refractivity contribution in [3.63, 3.8) is 0 Å². The SMILES string of the molecule is CCC(C)N(CC(=O)Nc1ccccc1Br)C(C)=O. The first kappa shape index (κ1) is 15.7. The third kappa shape index (κ3) is 4.67. The van der Waals surface area contributed by atoms with Crippen LogP contribution < -0.4 is 5.32 Å². The number of rotatable bonds is 5. The number of halogens is 1. The number of anilines is 1. The molecule has 0 aliphatic carbocycles. The fourth-order valence-corrected chi connectivity index (χ4v) is 2.09. The standard InChI is InChI=1S/C14H19BrN2O2/c1-4-10(2)17(11(3)18)9-14(19)16-13-8-6-5-7-12(13)15/h5-8,10H,4,9H2,1-3H3,(H,16,19). The maximum Gasteiger partial charge on any atom is 0.244 e. The van der Waals surface area contributed by atoms with E-state index in [0.29, 0.717) is 5.69 Å². The highest BCUT2D eigenvalue weighted by molar-refractivity contribution is 9.10. The number of carbonyl (C=O) groups is 2. The highest BCUT2D eigenvalue weighted by Gasteiger charge is 2.18. The van der Waals surface area contributed by atoms with Crippen LogP contribution >= 0.6 is 15.9 Å². The van der Waals surface area contributed by atoms with Gasteiger partial charge < -0.3 is 10.2 Å². The molecule has 1 N–H and O–H groups in total. The van der Waals surface area contributed by atoms with E-state index in [9.17, 15) is 9.59 Å². The van der Waals surface area contributed by atoms with Crippen LogP contribution in [0.3, 0.4) is 0 Å². The van der Waals surface area contributed by atoms with E-state index in [1.807, 2.05) is 38.1 Å². The number of nitrogens with zero attached hydrogens (tertiary/aromatic N) is 1. The molecule has 0 spiro atoms. The Bertz CT molecular complexity index is 463.